The van der Waals surface area contributed by atoms with Crippen LogP contribution < -0.4 is 4.74 Å². The third-order valence-electron chi connectivity index (χ3n) is 2.21. The first kappa shape index (κ1) is 13.8. The van der Waals surface area contributed by atoms with E-state index >= 15 is 0 Å². The average molecular weight is 244 g/mol. The van der Waals surface area contributed by atoms with Crippen LogP contribution >= 0.6 is 0 Å². The van der Waals surface area contributed by atoms with Crippen molar-refractivity contribution in [2.75, 3.05) is 13.7 Å². The highest BCUT2D eigenvalue weighted by Gasteiger charge is 2.04. The molecule has 0 spiro atoms. The molecule has 0 atom stereocenters. The van der Waals surface area contributed by atoms with Crippen LogP contribution in [0.2, 0.25) is 0 Å². The molecule has 0 aromatic heterocycles. The van der Waals surface area contributed by atoms with E-state index in [0.717, 1.165) is 11.3 Å². The maximum Gasteiger partial charge on any atom is 0.346 e. The molecule has 1 aromatic rings. The van der Waals surface area contributed by atoms with Crippen LogP contribution in [-0.2, 0) is 9.53 Å². The van der Waals surface area contributed by atoms with E-state index in [0.29, 0.717) is 12.2 Å². The lowest BCUT2D eigenvalue weighted by molar-refractivity contribution is -0.138. The van der Waals surface area contributed by atoms with Gasteiger partial charge in [0.05, 0.1) is 13.7 Å². The molecule has 18 heavy (non-hydrogen) atoms. The second-order valence-corrected chi connectivity index (χ2v) is 3.40. The molecule has 94 valence electrons. The molecule has 0 saturated heterocycles. The summed E-state index contributed by atoms with van der Waals surface area (Å²) in [7, 11) is 1.61. The van der Waals surface area contributed by atoms with Gasteiger partial charge in [0.2, 0.25) is 0 Å². The van der Waals surface area contributed by atoms with E-state index in [2.05, 4.69) is 12.3 Å². The number of carbonyl (C=O) groups excluding carboxylic acids is 1. The molecule has 0 saturated carbocycles. The Morgan fingerprint density at radius 2 is 2.06 bits per heavy atom. The Balaban J connectivity index is 2.92. The molecular formula is C15H16O3. The van der Waals surface area contributed by atoms with Crippen molar-refractivity contribution >= 4 is 12.0 Å². The molecule has 0 aliphatic carbocycles. The first-order chi connectivity index (χ1) is 8.71. The third kappa shape index (κ3) is 3.96. The van der Waals surface area contributed by atoms with Gasteiger partial charge in [0.15, 0.2) is 0 Å². The molecule has 0 bridgehead atoms. The highest BCUT2D eigenvalue weighted by molar-refractivity contribution is 5.91. The van der Waals surface area contributed by atoms with Gasteiger partial charge in [-0.2, -0.15) is 0 Å². The highest BCUT2D eigenvalue weighted by Crippen LogP contribution is 2.12. The van der Waals surface area contributed by atoms with Gasteiger partial charge in [-0.25, -0.2) is 4.79 Å². The SMILES string of the molecule is C=CC(=C=Cc1ccc(OC)cc1)C(=O)OCC. The van der Waals surface area contributed by atoms with E-state index in [1.807, 2.05) is 24.3 Å². The number of esters is 1. The van der Waals surface area contributed by atoms with Crippen LogP contribution in [0.1, 0.15) is 12.5 Å². The second-order valence-electron chi connectivity index (χ2n) is 3.40. The summed E-state index contributed by atoms with van der Waals surface area (Å²) in [4.78, 5) is 11.5. The molecule has 0 N–H and O–H groups in total. The standard InChI is InChI=1S/C15H16O3/c1-4-13(15(16)18-5-2)9-6-12-7-10-14(17-3)11-8-12/h4,6-8,10-11H,1,5H2,2-3H3. The van der Waals surface area contributed by atoms with Gasteiger partial charge >= 0.3 is 5.97 Å². The van der Waals surface area contributed by atoms with Crippen LogP contribution in [0.15, 0.2) is 48.2 Å². The molecule has 0 fully saturated rings. The van der Waals surface area contributed by atoms with Gasteiger partial charge in [-0.1, -0.05) is 18.7 Å². The van der Waals surface area contributed by atoms with Crippen molar-refractivity contribution in [3.63, 3.8) is 0 Å². The first-order valence-corrected chi connectivity index (χ1v) is 5.61. The lowest BCUT2D eigenvalue weighted by Crippen LogP contribution is -2.04. The molecule has 0 aliphatic rings. The summed E-state index contributed by atoms with van der Waals surface area (Å²) in [6.45, 7) is 5.65. The zero-order valence-electron chi connectivity index (χ0n) is 10.6. The minimum absolute atomic E-state index is 0.313. The van der Waals surface area contributed by atoms with Crippen LogP contribution in [-0.4, -0.2) is 19.7 Å². The van der Waals surface area contributed by atoms with E-state index in [1.165, 1.54) is 6.08 Å². The summed E-state index contributed by atoms with van der Waals surface area (Å²) in [6.07, 6.45) is 3.13. The van der Waals surface area contributed by atoms with Gasteiger partial charge in [0, 0.05) is 0 Å². The largest absolute Gasteiger partial charge is 0.497 e. The Kier molecular flexibility index (Phi) is 5.49. The van der Waals surface area contributed by atoms with Crippen molar-refractivity contribution in [2.24, 2.45) is 0 Å². The first-order valence-electron chi connectivity index (χ1n) is 5.61. The Labute approximate surface area is 107 Å². The summed E-state index contributed by atoms with van der Waals surface area (Å²) in [5, 5.41) is 0. The van der Waals surface area contributed by atoms with Gasteiger partial charge in [-0.3, -0.25) is 0 Å². The number of benzene rings is 1. The quantitative estimate of drug-likeness (QED) is 0.346. The van der Waals surface area contributed by atoms with Crippen molar-refractivity contribution in [3.8, 4) is 5.75 Å². The van der Waals surface area contributed by atoms with E-state index < -0.39 is 5.97 Å². The fraction of sp³-hybridized carbons (Fsp3) is 0.200. The number of hydrogen-bond donors (Lipinski definition) is 0. The number of rotatable bonds is 5. The zero-order chi connectivity index (χ0) is 13.4. The average Bonchev–Trinajstić information content (AvgIpc) is 2.40. The summed E-state index contributed by atoms with van der Waals surface area (Å²) < 4.78 is 9.93. The monoisotopic (exact) mass is 244 g/mol. The molecule has 3 heteroatoms. The molecule has 1 aromatic carbocycles. The van der Waals surface area contributed by atoms with Crippen molar-refractivity contribution < 1.29 is 14.3 Å². The highest BCUT2D eigenvalue weighted by atomic mass is 16.5. The molecule has 1 rings (SSSR count). The van der Waals surface area contributed by atoms with Gasteiger partial charge in [0.25, 0.3) is 0 Å². The van der Waals surface area contributed by atoms with E-state index in [-0.39, 0.29) is 0 Å². The lowest BCUT2D eigenvalue weighted by atomic mass is 10.2. The molecule has 0 amide bonds. The zero-order valence-corrected chi connectivity index (χ0v) is 10.6. The van der Waals surface area contributed by atoms with E-state index in [1.54, 1.807) is 20.1 Å². The Morgan fingerprint density at radius 1 is 1.39 bits per heavy atom. The van der Waals surface area contributed by atoms with Crippen molar-refractivity contribution in [2.45, 2.75) is 6.92 Å². The Hall–Kier alpha value is -2.25. The number of hydrogen-bond acceptors (Lipinski definition) is 3. The van der Waals surface area contributed by atoms with Crippen LogP contribution in [0.25, 0.3) is 6.08 Å². The topological polar surface area (TPSA) is 35.5 Å². The van der Waals surface area contributed by atoms with Crippen LogP contribution in [0, 0.1) is 0 Å². The fourth-order valence-electron chi connectivity index (χ4n) is 1.27. The molecule has 3 nitrogen and oxygen atoms in total. The lowest BCUT2D eigenvalue weighted by Gasteiger charge is -1.99. The third-order valence-corrected chi connectivity index (χ3v) is 2.21. The molecule has 0 unspecified atom stereocenters. The predicted octanol–water partition coefficient (Wildman–Crippen LogP) is 2.98. The van der Waals surface area contributed by atoms with E-state index in [4.69, 9.17) is 9.47 Å². The molecular weight excluding hydrogens is 228 g/mol. The Morgan fingerprint density at radius 3 is 2.56 bits per heavy atom. The summed E-state index contributed by atoms with van der Waals surface area (Å²) in [6, 6.07) is 7.42. The summed E-state index contributed by atoms with van der Waals surface area (Å²) in [5.41, 5.74) is 4.09. The van der Waals surface area contributed by atoms with Crippen molar-refractivity contribution in [3.05, 3.63) is 53.8 Å². The Bertz CT molecular complexity index is 477. The minimum atomic E-state index is -0.419. The second kappa shape index (κ2) is 7.15. The van der Waals surface area contributed by atoms with Crippen LogP contribution in [0.3, 0.4) is 0 Å². The van der Waals surface area contributed by atoms with Gasteiger partial charge in [-0.05, 0) is 36.8 Å². The summed E-state index contributed by atoms with van der Waals surface area (Å²) >= 11 is 0. The maximum absolute atomic E-state index is 11.5. The normalized spacial score (nSPS) is 9.00. The number of methoxy groups -OCH3 is 1. The van der Waals surface area contributed by atoms with E-state index in [9.17, 15) is 4.79 Å². The van der Waals surface area contributed by atoms with Crippen LogP contribution in [0.4, 0.5) is 0 Å². The maximum atomic E-state index is 11.5. The molecule has 0 heterocycles. The van der Waals surface area contributed by atoms with Crippen molar-refractivity contribution in [1.82, 2.24) is 0 Å². The van der Waals surface area contributed by atoms with Gasteiger partial charge < -0.3 is 9.47 Å². The summed E-state index contributed by atoms with van der Waals surface area (Å²) in [5.74, 6) is 0.364. The van der Waals surface area contributed by atoms with Gasteiger partial charge in [-0.15, -0.1) is 5.73 Å². The van der Waals surface area contributed by atoms with Crippen LogP contribution in [0.5, 0.6) is 5.75 Å². The smallest absolute Gasteiger partial charge is 0.346 e. The molecule has 0 radical (unpaired) electrons. The molecule has 0 aliphatic heterocycles. The van der Waals surface area contributed by atoms with Gasteiger partial charge in [0.1, 0.15) is 11.3 Å². The fourth-order valence-corrected chi connectivity index (χ4v) is 1.27. The number of ether oxygens (including phenoxy) is 2. The van der Waals surface area contributed by atoms with Crippen molar-refractivity contribution in [1.29, 1.82) is 0 Å². The predicted molar refractivity (Wildman–Crippen MR) is 71.3 cm³/mol. The minimum Gasteiger partial charge on any atom is -0.497 e. The number of carbonyl (C=O) groups is 1.